The number of unbranched alkanes of at least 4 members (excludes halogenated alkanes) is 1. The van der Waals surface area contributed by atoms with E-state index in [2.05, 4.69) is 18.6 Å². The van der Waals surface area contributed by atoms with Crippen LogP contribution in [0.5, 0.6) is 0 Å². The minimum Gasteiger partial charge on any atom is -0.326 e. The van der Waals surface area contributed by atoms with Crippen molar-refractivity contribution in [2.75, 3.05) is 6.54 Å². The summed E-state index contributed by atoms with van der Waals surface area (Å²) in [7, 11) is -3.46. The van der Waals surface area contributed by atoms with Gasteiger partial charge in [0.2, 0.25) is 10.0 Å². The van der Waals surface area contributed by atoms with Gasteiger partial charge in [-0.2, -0.15) is 0 Å². The highest BCUT2D eigenvalue weighted by atomic mass is 32.2. The second-order valence-electron chi connectivity index (χ2n) is 5.57. The highest BCUT2D eigenvalue weighted by molar-refractivity contribution is 7.89. The van der Waals surface area contributed by atoms with E-state index in [1.165, 1.54) is 0 Å². The molecule has 0 aliphatic carbocycles. The van der Waals surface area contributed by atoms with Crippen LogP contribution in [0, 0.1) is 12.8 Å². The first kappa shape index (κ1) is 18.1. The second kappa shape index (κ2) is 8.51. The predicted molar refractivity (Wildman–Crippen MR) is 87.6 cm³/mol. The molecule has 0 aromatic heterocycles. The topological polar surface area (TPSA) is 72.2 Å². The van der Waals surface area contributed by atoms with Crippen molar-refractivity contribution in [2.24, 2.45) is 11.7 Å². The summed E-state index contributed by atoms with van der Waals surface area (Å²) in [6.07, 6.45) is 4.34. The van der Waals surface area contributed by atoms with Crippen LogP contribution in [0.2, 0.25) is 0 Å². The molecule has 5 heteroatoms. The lowest BCUT2D eigenvalue weighted by Gasteiger charge is -2.16. The van der Waals surface area contributed by atoms with Crippen molar-refractivity contribution in [3.05, 3.63) is 29.3 Å². The van der Waals surface area contributed by atoms with Gasteiger partial charge in [-0.3, -0.25) is 0 Å². The Morgan fingerprint density at radius 3 is 2.57 bits per heavy atom. The number of aryl methyl sites for hydroxylation is 1. The second-order valence-corrected chi connectivity index (χ2v) is 7.31. The molecule has 4 nitrogen and oxygen atoms in total. The van der Waals surface area contributed by atoms with Crippen LogP contribution in [0.4, 0.5) is 0 Å². The molecule has 1 rings (SSSR count). The molecule has 0 bridgehead atoms. The Hall–Kier alpha value is -0.910. The van der Waals surface area contributed by atoms with Crippen LogP contribution in [0.15, 0.2) is 23.1 Å². The molecule has 1 atom stereocenters. The Morgan fingerprint density at radius 2 is 2.00 bits per heavy atom. The molecular formula is C16H28N2O2S. The van der Waals surface area contributed by atoms with E-state index in [4.69, 9.17) is 5.73 Å². The molecule has 0 aliphatic heterocycles. The Kier molecular flexibility index (Phi) is 7.35. The van der Waals surface area contributed by atoms with Gasteiger partial charge in [0.1, 0.15) is 0 Å². The van der Waals surface area contributed by atoms with Crippen molar-refractivity contribution in [1.29, 1.82) is 0 Å². The SMILES string of the molecule is CCCCC(CC)CNS(=O)(=O)c1cc(CN)ccc1C. The normalized spacial score (nSPS) is 13.3. The summed E-state index contributed by atoms with van der Waals surface area (Å²) in [6.45, 7) is 6.92. The standard InChI is InChI=1S/C16H28N2O2S/c1-4-6-7-14(5-2)12-18-21(19,20)16-10-15(11-17)9-8-13(16)3/h8-10,14,18H,4-7,11-12,17H2,1-3H3. The molecule has 0 aliphatic rings. The molecule has 0 saturated heterocycles. The number of benzene rings is 1. The molecule has 0 fully saturated rings. The van der Waals surface area contributed by atoms with Crippen LogP contribution < -0.4 is 10.5 Å². The molecular weight excluding hydrogens is 284 g/mol. The van der Waals surface area contributed by atoms with E-state index in [-0.39, 0.29) is 0 Å². The molecule has 0 radical (unpaired) electrons. The van der Waals surface area contributed by atoms with Gasteiger partial charge in [0, 0.05) is 13.1 Å². The average molecular weight is 312 g/mol. The van der Waals surface area contributed by atoms with E-state index in [1.807, 2.05) is 19.1 Å². The first-order valence-corrected chi connectivity index (χ1v) is 9.22. The van der Waals surface area contributed by atoms with Gasteiger partial charge in [-0.15, -0.1) is 0 Å². The number of hydrogen-bond acceptors (Lipinski definition) is 3. The van der Waals surface area contributed by atoms with Crippen LogP contribution in [0.1, 0.15) is 50.7 Å². The molecule has 0 saturated carbocycles. The maximum Gasteiger partial charge on any atom is 0.240 e. The maximum absolute atomic E-state index is 12.5. The number of sulfonamides is 1. The molecule has 1 aromatic carbocycles. The smallest absolute Gasteiger partial charge is 0.240 e. The maximum atomic E-state index is 12.5. The minimum atomic E-state index is -3.46. The fraction of sp³-hybridized carbons (Fsp3) is 0.625. The first-order valence-electron chi connectivity index (χ1n) is 7.73. The molecule has 1 unspecified atom stereocenters. The molecule has 0 amide bonds. The third-order valence-electron chi connectivity index (χ3n) is 3.88. The highest BCUT2D eigenvalue weighted by Gasteiger charge is 2.18. The van der Waals surface area contributed by atoms with Crippen LogP contribution in [-0.2, 0) is 16.6 Å². The van der Waals surface area contributed by atoms with E-state index in [9.17, 15) is 8.42 Å². The average Bonchev–Trinajstić information content (AvgIpc) is 2.47. The van der Waals surface area contributed by atoms with Crippen molar-refractivity contribution in [3.63, 3.8) is 0 Å². The lowest BCUT2D eigenvalue weighted by Crippen LogP contribution is -2.30. The van der Waals surface area contributed by atoms with Crippen molar-refractivity contribution in [2.45, 2.75) is 57.9 Å². The fourth-order valence-electron chi connectivity index (χ4n) is 2.31. The van der Waals surface area contributed by atoms with Crippen molar-refractivity contribution in [1.82, 2.24) is 4.72 Å². The van der Waals surface area contributed by atoms with Gasteiger partial charge in [0.25, 0.3) is 0 Å². The Balaban J connectivity index is 2.81. The van der Waals surface area contributed by atoms with Gasteiger partial charge < -0.3 is 5.73 Å². The van der Waals surface area contributed by atoms with Crippen LogP contribution in [0.3, 0.4) is 0 Å². The summed E-state index contributed by atoms with van der Waals surface area (Å²) < 4.78 is 27.7. The molecule has 3 N–H and O–H groups in total. The van der Waals surface area contributed by atoms with Gasteiger partial charge in [0.05, 0.1) is 4.90 Å². The van der Waals surface area contributed by atoms with Crippen LogP contribution >= 0.6 is 0 Å². The zero-order valence-electron chi connectivity index (χ0n) is 13.4. The third-order valence-corrected chi connectivity index (χ3v) is 5.45. The Bertz CT molecular complexity index is 541. The quantitative estimate of drug-likeness (QED) is 0.736. The van der Waals surface area contributed by atoms with E-state index < -0.39 is 10.0 Å². The summed E-state index contributed by atoms with van der Waals surface area (Å²) in [5, 5.41) is 0. The van der Waals surface area contributed by atoms with Gasteiger partial charge in [-0.05, 0) is 36.5 Å². The number of rotatable bonds is 9. The largest absolute Gasteiger partial charge is 0.326 e. The van der Waals surface area contributed by atoms with E-state index in [1.54, 1.807) is 6.07 Å². The molecule has 21 heavy (non-hydrogen) atoms. The van der Waals surface area contributed by atoms with Gasteiger partial charge >= 0.3 is 0 Å². The number of nitrogens with one attached hydrogen (secondary N) is 1. The molecule has 1 aromatic rings. The minimum absolute atomic E-state index is 0.343. The zero-order valence-corrected chi connectivity index (χ0v) is 14.2. The van der Waals surface area contributed by atoms with Crippen molar-refractivity contribution < 1.29 is 8.42 Å². The highest BCUT2D eigenvalue weighted by Crippen LogP contribution is 2.18. The third kappa shape index (κ3) is 5.41. The van der Waals surface area contributed by atoms with Crippen molar-refractivity contribution in [3.8, 4) is 0 Å². The van der Waals surface area contributed by atoms with Crippen LogP contribution in [-0.4, -0.2) is 15.0 Å². The summed E-state index contributed by atoms with van der Waals surface area (Å²) in [5.74, 6) is 0.401. The van der Waals surface area contributed by atoms with Gasteiger partial charge in [-0.25, -0.2) is 13.1 Å². The monoisotopic (exact) mass is 312 g/mol. The number of nitrogens with two attached hydrogens (primary N) is 1. The Morgan fingerprint density at radius 1 is 1.29 bits per heavy atom. The summed E-state index contributed by atoms with van der Waals surface area (Å²) >= 11 is 0. The summed E-state index contributed by atoms with van der Waals surface area (Å²) in [6, 6.07) is 5.35. The molecule has 120 valence electrons. The lowest BCUT2D eigenvalue weighted by atomic mass is 10.00. The van der Waals surface area contributed by atoms with Crippen molar-refractivity contribution >= 4 is 10.0 Å². The summed E-state index contributed by atoms with van der Waals surface area (Å²) in [4.78, 5) is 0.343. The van der Waals surface area contributed by atoms with E-state index in [0.717, 1.165) is 36.8 Å². The predicted octanol–water partition coefficient (Wildman–Crippen LogP) is 2.95. The van der Waals surface area contributed by atoms with Crippen LogP contribution in [0.25, 0.3) is 0 Å². The Labute approximate surface area is 129 Å². The van der Waals surface area contributed by atoms with E-state index >= 15 is 0 Å². The molecule has 0 heterocycles. The van der Waals surface area contributed by atoms with Gasteiger partial charge in [0.15, 0.2) is 0 Å². The zero-order chi connectivity index (χ0) is 15.9. The first-order chi connectivity index (χ1) is 9.94. The van der Waals surface area contributed by atoms with Gasteiger partial charge in [-0.1, -0.05) is 45.2 Å². The van der Waals surface area contributed by atoms with E-state index in [0.29, 0.717) is 23.9 Å². The fourth-order valence-corrected chi connectivity index (χ4v) is 3.72. The lowest BCUT2D eigenvalue weighted by molar-refractivity contribution is 0.443. The molecule has 0 spiro atoms. The number of hydrogen-bond donors (Lipinski definition) is 2. The summed E-state index contributed by atoms with van der Waals surface area (Å²) in [5.41, 5.74) is 7.18.